The van der Waals surface area contributed by atoms with E-state index in [0.29, 0.717) is 17.2 Å². The summed E-state index contributed by atoms with van der Waals surface area (Å²) < 4.78 is 16.3. The third-order valence-corrected chi connectivity index (χ3v) is 3.49. The minimum atomic E-state index is 0.546. The average Bonchev–Trinajstić information content (AvgIpc) is 2.59. The van der Waals surface area contributed by atoms with Gasteiger partial charge >= 0.3 is 0 Å². The van der Waals surface area contributed by atoms with Crippen molar-refractivity contribution in [2.24, 2.45) is 0 Å². The summed E-state index contributed by atoms with van der Waals surface area (Å²) in [5.41, 5.74) is 2.51. The molecule has 0 N–H and O–H groups in total. The van der Waals surface area contributed by atoms with E-state index in [2.05, 4.69) is 9.97 Å². The van der Waals surface area contributed by atoms with E-state index in [4.69, 9.17) is 14.2 Å². The third-order valence-electron chi connectivity index (χ3n) is 3.49. The molecule has 0 amide bonds. The van der Waals surface area contributed by atoms with Crippen molar-refractivity contribution in [1.82, 2.24) is 9.97 Å². The topological polar surface area (TPSA) is 53.5 Å². The van der Waals surface area contributed by atoms with E-state index < -0.39 is 0 Å². The Kier molecular flexibility index (Phi) is 3.78. The lowest BCUT2D eigenvalue weighted by Crippen LogP contribution is -1.98. The molecule has 0 saturated carbocycles. The minimum absolute atomic E-state index is 0.546. The number of pyridine rings is 2. The highest BCUT2D eigenvalue weighted by atomic mass is 16.5. The molecule has 1 aromatic carbocycles. The van der Waals surface area contributed by atoms with Gasteiger partial charge < -0.3 is 14.2 Å². The first-order valence-corrected chi connectivity index (χ1v) is 6.79. The average molecular weight is 296 g/mol. The molecule has 2 heterocycles. The second-order valence-corrected chi connectivity index (χ2v) is 4.61. The third kappa shape index (κ3) is 2.20. The number of hydrogen-bond acceptors (Lipinski definition) is 5. The summed E-state index contributed by atoms with van der Waals surface area (Å²) in [5.74, 6) is 1.75. The molecule has 0 aliphatic heterocycles. The number of benzene rings is 1. The summed E-state index contributed by atoms with van der Waals surface area (Å²) in [7, 11) is 4.78. The quantitative estimate of drug-likeness (QED) is 0.739. The summed E-state index contributed by atoms with van der Waals surface area (Å²) in [5, 5.41) is 0.954. The standard InChI is InChI=1S/C17H16N2O3/c1-20-14-7-6-12(16(21-2)17(14)22-3)15-11-5-4-9-18-13(11)8-10-19-15/h4-10H,1-3H3. The first kappa shape index (κ1) is 14.1. The summed E-state index contributed by atoms with van der Waals surface area (Å²) in [6, 6.07) is 9.51. The summed E-state index contributed by atoms with van der Waals surface area (Å²) in [6.45, 7) is 0. The largest absolute Gasteiger partial charge is 0.493 e. The smallest absolute Gasteiger partial charge is 0.203 e. The zero-order chi connectivity index (χ0) is 15.5. The number of aromatic nitrogens is 2. The Morgan fingerprint density at radius 1 is 0.773 bits per heavy atom. The van der Waals surface area contributed by atoms with Crippen LogP contribution in [0.15, 0.2) is 42.7 Å². The summed E-state index contributed by atoms with van der Waals surface area (Å²) >= 11 is 0. The second kappa shape index (κ2) is 5.89. The molecule has 0 atom stereocenters. The predicted molar refractivity (Wildman–Crippen MR) is 84.6 cm³/mol. The van der Waals surface area contributed by atoms with Crippen molar-refractivity contribution in [3.63, 3.8) is 0 Å². The molecule has 5 nitrogen and oxygen atoms in total. The van der Waals surface area contributed by atoms with E-state index in [1.54, 1.807) is 33.7 Å². The molecule has 3 aromatic rings. The summed E-state index contributed by atoms with van der Waals surface area (Å²) in [4.78, 5) is 8.86. The van der Waals surface area contributed by atoms with Crippen LogP contribution in [0.4, 0.5) is 0 Å². The predicted octanol–water partition coefficient (Wildman–Crippen LogP) is 3.32. The van der Waals surface area contributed by atoms with Crippen LogP contribution in [0.5, 0.6) is 17.2 Å². The molecule has 0 aliphatic carbocycles. The molecule has 22 heavy (non-hydrogen) atoms. The van der Waals surface area contributed by atoms with Crippen LogP contribution in [0.2, 0.25) is 0 Å². The monoisotopic (exact) mass is 296 g/mol. The van der Waals surface area contributed by atoms with Crippen molar-refractivity contribution in [2.45, 2.75) is 0 Å². The number of nitrogens with zero attached hydrogens (tertiary/aromatic N) is 2. The lowest BCUT2D eigenvalue weighted by atomic mass is 10.0. The molecule has 3 rings (SSSR count). The highest BCUT2D eigenvalue weighted by molar-refractivity contribution is 5.94. The van der Waals surface area contributed by atoms with E-state index in [-0.39, 0.29) is 0 Å². The molecule has 0 radical (unpaired) electrons. The highest BCUT2D eigenvalue weighted by Gasteiger charge is 2.19. The SMILES string of the molecule is COc1ccc(-c2nccc3ncccc23)c(OC)c1OC. The van der Waals surface area contributed by atoms with Gasteiger partial charge in [-0.25, -0.2) is 0 Å². The highest BCUT2D eigenvalue weighted by Crippen LogP contribution is 2.44. The van der Waals surface area contributed by atoms with Gasteiger partial charge in [0, 0.05) is 23.3 Å². The molecule has 0 unspecified atom stereocenters. The molecule has 5 heteroatoms. The molecule has 0 saturated heterocycles. The molecule has 0 fully saturated rings. The van der Waals surface area contributed by atoms with Crippen LogP contribution < -0.4 is 14.2 Å². The zero-order valence-electron chi connectivity index (χ0n) is 12.7. The molecule has 0 aliphatic rings. The maximum Gasteiger partial charge on any atom is 0.203 e. The zero-order valence-corrected chi connectivity index (χ0v) is 12.7. The number of hydrogen-bond donors (Lipinski definition) is 0. The Bertz CT molecular complexity index is 813. The van der Waals surface area contributed by atoms with Crippen LogP contribution in [0.3, 0.4) is 0 Å². The summed E-state index contributed by atoms with van der Waals surface area (Å²) in [6.07, 6.45) is 3.50. The van der Waals surface area contributed by atoms with Crippen molar-refractivity contribution < 1.29 is 14.2 Å². The van der Waals surface area contributed by atoms with Gasteiger partial charge in [0.25, 0.3) is 0 Å². The fourth-order valence-electron chi connectivity index (χ4n) is 2.50. The molecule has 0 bridgehead atoms. The van der Waals surface area contributed by atoms with Gasteiger partial charge in [0.1, 0.15) is 0 Å². The van der Waals surface area contributed by atoms with Gasteiger partial charge in [-0.05, 0) is 30.3 Å². The minimum Gasteiger partial charge on any atom is -0.493 e. The number of methoxy groups -OCH3 is 3. The van der Waals surface area contributed by atoms with Gasteiger partial charge in [0.2, 0.25) is 5.75 Å². The lowest BCUT2D eigenvalue weighted by molar-refractivity contribution is 0.325. The van der Waals surface area contributed by atoms with Crippen molar-refractivity contribution in [2.75, 3.05) is 21.3 Å². The Labute approximate surface area is 128 Å². The Morgan fingerprint density at radius 3 is 2.32 bits per heavy atom. The molecular formula is C17H16N2O3. The van der Waals surface area contributed by atoms with Gasteiger partial charge in [-0.15, -0.1) is 0 Å². The lowest BCUT2D eigenvalue weighted by Gasteiger charge is -2.16. The Hall–Kier alpha value is -2.82. The van der Waals surface area contributed by atoms with Crippen molar-refractivity contribution >= 4 is 10.9 Å². The van der Waals surface area contributed by atoms with Crippen LogP contribution in [0.1, 0.15) is 0 Å². The Balaban J connectivity index is 2.31. The first-order valence-electron chi connectivity index (χ1n) is 6.79. The second-order valence-electron chi connectivity index (χ2n) is 4.61. The van der Waals surface area contributed by atoms with Gasteiger partial charge in [0.15, 0.2) is 11.5 Å². The van der Waals surface area contributed by atoms with Crippen LogP contribution in [0.25, 0.3) is 22.2 Å². The maximum absolute atomic E-state index is 5.55. The van der Waals surface area contributed by atoms with Crippen LogP contribution in [-0.2, 0) is 0 Å². The van der Waals surface area contributed by atoms with Gasteiger partial charge in [-0.1, -0.05) is 0 Å². The fourth-order valence-corrected chi connectivity index (χ4v) is 2.50. The van der Waals surface area contributed by atoms with E-state index in [9.17, 15) is 0 Å². The molecule has 0 spiro atoms. The van der Waals surface area contributed by atoms with Crippen LogP contribution >= 0.6 is 0 Å². The van der Waals surface area contributed by atoms with E-state index in [0.717, 1.165) is 22.2 Å². The van der Waals surface area contributed by atoms with Crippen LogP contribution in [-0.4, -0.2) is 31.3 Å². The number of ether oxygens (including phenoxy) is 3. The van der Waals surface area contributed by atoms with Gasteiger partial charge in [-0.3, -0.25) is 9.97 Å². The van der Waals surface area contributed by atoms with Crippen molar-refractivity contribution in [3.05, 3.63) is 42.7 Å². The van der Waals surface area contributed by atoms with E-state index in [1.165, 1.54) is 0 Å². The maximum atomic E-state index is 5.55. The van der Waals surface area contributed by atoms with Gasteiger partial charge in [-0.2, -0.15) is 0 Å². The molecule has 112 valence electrons. The normalized spacial score (nSPS) is 10.5. The van der Waals surface area contributed by atoms with E-state index >= 15 is 0 Å². The number of rotatable bonds is 4. The van der Waals surface area contributed by atoms with Crippen molar-refractivity contribution in [3.8, 4) is 28.5 Å². The van der Waals surface area contributed by atoms with Crippen molar-refractivity contribution in [1.29, 1.82) is 0 Å². The van der Waals surface area contributed by atoms with Crippen LogP contribution in [0, 0.1) is 0 Å². The fraction of sp³-hybridized carbons (Fsp3) is 0.176. The Morgan fingerprint density at radius 2 is 1.59 bits per heavy atom. The number of fused-ring (bicyclic) bond motifs is 1. The molecule has 2 aromatic heterocycles. The van der Waals surface area contributed by atoms with Gasteiger partial charge in [0.05, 0.1) is 32.5 Å². The first-order chi connectivity index (χ1) is 10.8. The van der Waals surface area contributed by atoms with E-state index in [1.807, 2.05) is 30.3 Å². The molecular weight excluding hydrogens is 280 g/mol.